The van der Waals surface area contributed by atoms with Crippen molar-refractivity contribution >= 4 is 22.6 Å². The van der Waals surface area contributed by atoms with Gasteiger partial charge in [0.25, 0.3) is 5.91 Å². The zero-order valence-corrected chi connectivity index (χ0v) is 16.3. The van der Waals surface area contributed by atoms with Gasteiger partial charge in [0.2, 0.25) is 0 Å². The number of para-hydroxylation sites is 3. The van der Waals surface area contributed by atoms with Gasteiger partial charge in [-0.3, -0.25) is 9.78 Å². The Balaban J connectivity index is 1.44. The Morgan fingerprint density at radius 2 is 1.62 bits per heavy atom. The number of aryl methyl sites for hydroxylation is 1. The first-order valence-corrected chi connectivity index (χ1v) is 9.45. The number of carbonyl (C=O) groups excluding carboxylic acids is 1. The maximum Gasteiger partial charge on any atom is 0.265 e. The Hall–Kier alpha value is -3.73. The lowest BCUT2D eigenvalue weighted by Gasteiger charge is -2.16. The van der Waals surface area contributed by atoms with Crippen LogP contribution in [0.3, 0.4) is 0 Å². The Labute approximate surface area is 169 Å². The maximum atomic E-state index is 12.4. The first-order chi connectivity index (χ1) is 14.1. The lowest BCUT2D eigenvalue weighted by Crippen LogP contribution is -2.30. The van der Waals surface area contributed by atoms with Crippen molar-refractivity contribution in [2.24, 2.45) is 0 Å². The second-order valence-electron chi connectivity index (χ2n) is 6.83. The molecule has 0 saturated carbocycles. The third-order valence-electron chi connectivity index (χ3n) is 4.68. The highest BCUT2D eigenvalue weighted by Crippen LogP contribution is 2.23. The molecule has 0 bridgehead atoms. The minimum Gasteiger partial charge on any atom is -0.481 e. The molecule has 1 amide bonds. The Morgan fingerprint density at radius 1 is 0.931 bits per heavy atom. The van der Waals surface area contributed by atoms with E-state index in [9.17, 15) is 4.79 Å². The summed E-state index contributed by atoms with van der Waals surface area (Å²) in [5.41, 5.74) is 5.25. The number of nitrogens with one attached hydrogen (secondary N) is 1. The number of rotatable bonds is 5. The van der Waals surface area contributed by atoms with Gasteiger partial charge in [0.05, 0.1) is 22.9 Å². The number of carbonyl (C=O) groups is 1. The zero-order valence-electron chi connectivity index (χ0n) is 16.3. The summed E-state index contributed by atoms with van der Waals surface area (Å²) >= 11 is 0. The molecule has 144 valence electrons. The van der Waals surface area contributed by atoms with Crippen molar-refractivity contribution in [3.05, 3.63) is 84.6 Å². The number of hydrogen-bond donors (Lipinski definition) is 1. The lowest BCUT2D eigenvalue weighted by atomic mass is 10.1. The molecule has 0 fully saturated rings. The van der Waals surface area contributed by atoms with Gasteiger partial charge in [-0.25, -0.2) is 4.98 Å². The van der Waals surface area contributed by atoms with Crippen LogP contribution >= 0.6 is 0 Å². The fourth-order valence-electron chi connectivity index (χ4n) is 3.01. The second-order valence-corrected chi connectivity index (χ2v) is 6.83. The molecule has 5 heteroatoms. The van der Waals surface area contributed by atoms with Crippen LogP contribution in [0.2, 0.25) is 0 Å². The predicted octanol–water partition coefficient (Wildman–Crippen LogP) is 5.01. The van der Waals surface area contributed by atoms with Gasteiger partial charge in [0.1, 0.15) is 5.75 Å². The summed E-state index contributed by atoms with van der Waals surface area (Å²) in [6.45, 7) is 3.69. The van der Waals surface area contributed by atoms with Crippen molar-refractivity contribution in [1.29, 1.82) is 0 Å². The van der Waals surface area contributed by atoms with E-state index < -0.39 is 6.10 Å². The van der Waals surface area contributed by atoms with Crippen LogP contribution in [-0.2, 0) is 4.79 Å². The number of aromatic nitrogens is 2. The summed E-state index contributed by atoms with van der Waals surface area (Å²) in [5.74, 6) is 0.429. The molecule has 0 spiro atoms. The third-order valence-corrected chi connectivity index (χ3v) is 4.68. The van der Waals surface area contributed by atoms with E-state index in [1.807, 2.05) is 79.7 Å². The summed E-state index contributed by atoms with van der Waals surface area (Å²) in [4.78, 5) is 21.5. The third kappa shape index (κ3) is 4.24. The van der Waals surface area contributed by atoms with Gasteiger partial charge < -0.3 is 10.1 Å². The van der Waals surface area contributed by atoms with Gasteiger partial charge in [-0.15, -0.1) is 0 Å². The Kier molecular flexibility index (Phi) is 5.20. The van der Waals surface area contributed by atoms with E-state index in [-0.39, 0.29) is 5.91 Å². The number of nitrogens with zero attached hydrogens (tertiary/aromatic N) is 2. The standard InChI is InChI=1S/C24H21N3O2/c1-16-7-3-4-8-20(16)27-24(28)17(2)29-19-13-11-18(12-14-19)23-15-25-21-9-5-6-10-22(21)26-23/h3-15,17H,1-2H3,(H,27,28). The molecular formula is C24H21N3O2. The van der Waals surface area contributed by atoms with Crippen LogP contribution in [0.1, 0.15) is 12.5 Å². The van der Waals surface area contributed by atoms with Gasteiger partial charge in [-0.2, -0.15) is 0 Å². The van der Waals surface area contributed by atoms with Crippen LogP contribution < -0.4 is 10.1 Å². The molecule has 1 heterocycles. The van der Waals surface area contributed by atoms with Gasteiger partial charge in [0, 0.05) is 11.3 Å². The number of ether oxygens (including phenoxy) is 1. The van der Waals surface area contributed by atoms with Crippen LogP contribution in [0.4, 0.5) is 5.69 Å². The average molecular weight is 383 g/mol. The largest absolute Gasteiger partial charge is 0.481 e. The van der Waals surface area contributed by atoms with Crippen LogP contribution in [0, 0.1) is 6.92 Å². The summed E-state index contributed by atoms with van der Waals surface area (Å²) in [5, 5.41) is 2.90. The number of benzene rings is 3. The van der Waals surface area contributed by atoms with E-state index >= 15 is 0 Å². The molecule has 4 aromatic rings. The van der Waals surface area contributed by atoms with Gasteiger partial charge >= 0.3 is 0 Å². The minimum atomic E-state index is -0.624. The van der Waals surface area contributed by atoms with E-state index in [1.54, 1.807) is 13.1 Å². The molecule has 29 heavy (non-hydrogen) atoms. The van der Waals surface area contributed by atoms with Crippen molar-refractivity contribution in [3.63, 3.8) is 0 Å². The fraction of sp³-hybridized carbons (Fsp3) is 0.125. The van der Waals surface area contributed by atoms with E-state index in [4.69, 9.17) is 4.74 Å². The molecular weight excluding hydrogens is 362 g/mol. The normalized spacial score (nSPS) is 11.8. The molecule has 3 aromatic carbocycles. The topological polar surface area (TPSA) is 64.1 Å². The van der Waals surface area contributed by atoms with Crippen molar-refractivity contribution in [3.8, 4) is 17.0 Å². The van der Waals surface area contributed by atoms with E-state index in [1.165, 1.54) is 0 Å². The smallest absolute Gasteiger partial charge is 0.265 e. The van der Waals surface area contributed by atoms with Crippen LogP contribution in [0.5, 0.6) is 5.75 Å². The maximum absolute atomic E-state index is 12.4. The second kappa shape index (κ2) is 8.10. The van der Waals surface area contributed by atoms with Crippen molar-refractivity contribution in [1.82, 2.24) is 9.97 Å². The van der Waals surface area contributed by atoms with E-state index in [0.29, 0.717) is 5.75 Å². The molecule has 1 unspecified atom stereocenters. The van der Waals surface area contributed by atoms with Crippen molar-refractivity contribution in [2.75, 3.05) is 5.32 Å². The number of anilines is 1. The van der Waals surface area contributed by atoms with Gasteiger partial charge in [0.15, 0.2) is 6.10 Å². The SMILES string of the molecule is Cc1ccccc1NC(=O)C(C)Oc1ccc(-c2cnc3ccccc3n2)cc1. The predicted molar refractivity (Wildman–Crippen MR) is 115 cm³/mol. The molecule has 1 aromatic heterocycles. The summed E-state index contributed by atoms with van der Waals surface area (Å²) < 4.78 is 5.80. The molecule has 5 nitrogen and oxygen atoms in total. The van der Waals surface area contributed by atoms with E-state index in [0.717, 1.165) is 33.5 Å². The highest BCUT2D eigenvalue weighted by Gasteiger charge is 2.15. The highest BCUT2D eigenvalue weighted by molar-refractivity contribution is 5.94. The van der Waals surface area contributed by atoms with Gasteiger partial charge in [-0.05, 0) is 61.9 Å². The number of fused-ring (bicyclic) bond motifs is 1. The number of hydrogen-bond acceptors (Lipinski definition) is 4. The fourth-order valence-corrected chi connectivity index (χ4v) is 3.01. The Morgan fingerprint density at radius 3 is 2.38 bits per heavy atom. The molecule has 0 aliphatic carbocycles. The first-order valence-electron chi connectivity index (χ1n) is 9.45. The van der Waals surface area contributed by atoms with Crippen LogP contribution in [0.25, 0.3) is 22.3 Å². The highest BCUT2D eigenvalue weighted by atomic mass is 16.5. The Bertz CT molecular complexity index is 1160. The molecule has 1 atom stereocenters. The monoisotopic (exact) mass is 383 g/mol. The molecule has 1 N–H and O–H groups in total. The summed E-state index contributed by atoms with van der Waals surface area (Å²) in [6.07, 6.45) is 1.14. The molecule has 0 aliphatic rings. The lowest BCUT2D eigenvalue weighted by molar-refractivity contribution is -0.122. The van der Waals surface area contributed by atoms with Crippen LogP contribution in [-0.4, -0.2) is 22.0 Å². The first kappa shape index (κ1) is 18.6. The minimum absolute atomic E-state index is 0.191. The quantitative estimate of drug-likeness (QED) is 0.526. The molecule has 0 aliphatic heterocycles. The van der Waals surface area contributed by atoms with E-state index in [2.05, 4.69) is 15.3 Å². The molecule has 4 rings (SSSR count). The average Bonchev–Trinajstić information content (AvgIpc) is 2.75. The zero-order chi connectivity index (χ0) is 20.2. The van der Waals surface area contributed by atoms with Crippen molar-refractivity contribution < 1.29 is 9.53 Å². The molecule has 0 radical (unpaired) electrons. The van der Waals surface area contributed by atoms with Gasteiger partial charge in [-0.1, -0.05) is 30.3 Å². The van der Waals surface area contributed by atoms with Crippen molar-refractivity contribution in [2.45, 2.75) is 20.0 Å². The summed E-state index contributed by atoms with van der Waals surface area (Å²) in [6, 6.07) is 22.9. The molecule has 0 saturated heterocycles. The number of amides is 1. The van der Waals surface area contributed by atoms with Crippen LogP contribution in [0.15, 0.2) is 79.0 Å². The summed E-state index contributed by atoms with van der Waals surface area (Å²) in [7, 11) is 0.